The Morgan fingerprint density at radius 1 is 1.05 bits per heavy atom. The van der Waals surface area contributed by atoms with Crippen LogP contribution in [0.15, 0.2) is 60.7 Å². The molecule has 0 saturated carbocycles. The molecule has 2 aromatic rings. The lowest BCUT2D eigenvalue weighted by Crippen LogP contribution is -2.23. The van der Waals surface area contributed by atoms with Crippen LogP contribution in [0.2, 0.25) is 0 Å². The van der Waals surface area contributed by atoms with E-state index in [1.807, 2.05) is 67.6 Å². The molecule has 0 bridgehead atoms. The second-order valence-electron chi connectivity index (χ2n) is 4.46. The lowest BCUT2D eigenvalue weighted by atomic mass is 10.1. The van der Waals surface area contributed by atoms with Crippen LogP contribution in [-0.4, -0.2) is 5.62 Å². The summed E-state index contributed by atoms with van der Waals surface area (Å²) >= 11 is 5.95. The minimum Gasteiger partial charge on any atom is -0.300 e. The highest BCUT2D eigenvalue weighted by Gasteiger charge is 2.25. The number of alkyl halides is 1. The minimum atomic E-state index is -2.76. The number of hydrogen-bond acceptors (Lipinski definition) is 1. The van der Waals surface area contributed by atoms with Crippen LogP contribution in [0, 0.1) is 0 Å². The predicted octanol–water partition coefficient (Wildman–Crippen LogP) is 4.14. The van der Waals surface area contributed by atoms with Gasteiger partial charge < -0.3 is 4.57 Å². The molecule has 0 aliphatic heterocycles. The molecular weight excluding hydrogens is 277 g/mol. The molecule has 2 aromatic carbocycles. The summed E-state index contributed by atoms with van der Waals surface area (Å²) in [7, 11) is -2.76. The average molecular weight is 294 g/mol. The van der Waals surface area contributed by atoms with Gasteiger partial charge in [-0.1, -0.05) is 60.7 Å². The maximum atomic E-state index is 12.9. The van der Waals surface area contributed by atoms with Gasteiger partial charge in [-0.15, -0.1) is 11.6 Å². The Bertz CT molecular complexity index is 559. The van der Waals surface area contributed by atoms with Crippen molar-refractivity contribution in [1.29, 1.82) is 0 Å². The third-order valence-electron chi connectivity index (χ3n) is 3.04. The van der Waals surface area contributed by atoms with Gasteiger partial charge in [-0.3, -0.25) is 5.09 Å². The molecule has 0 saturated heterocycles. The molecule has 0 aliphatic carbocycles. The zero-order valence-electron chi connectivity index (χ0n) is 10.8. The van der Waals surface area contributed by atoms with Crippen molar-refractivity contribution < 1.29 is 4.57 Å². The maximum absolute atomic E-state index is 12.9. The molecule has 0 fully saturated rings. The summed E-state index contributed by atoms with van der Waals surface area (Å²) in [5.74, 6) is 0. The van der Waals surface area contributed by atoms with E-state index >= 15 is 0 Å². The Balaban J connectivity index is 2.22. The monoisotopic (exact) mass is 293 g/mol. The SMILES string of the molecule is C[C@H](NP(=O)(CCl)c1ccccc1)c1ccccc1. The lowest BCUT2D eigenvalue weighted by Gasteiger charge is -2.22. The Hall–Kier alpha value is -1.08. The lowest BCUT2D eigenvalue weighted by molar-refractivity contribution is 0.564. The highest BCUT2D eigenvalue weighted by molar-refractivity contribution is 7.71. The molecule has 0 heterocycles. The molecule has 1 unspecified atom stereocenters. The standard InChI is InChI=1S/C15H17ClNOP/c1-13(14-8-4-2-5-9-14)17-19(18,12-16)15-10-6-3-7-11-15/h2-11,13H,12H2,1H3,(H,17,18)/t13-,19?/m0/s1. The van der Waals surface area contributed by atoms with Crippen LogP contribution in [0.1, 0.15) is 18.5 Å². The van der Waals surface area contributed by atoms with Gasteiger partial charge in [-0.25, -0.2) is 0 Å². The van der Waals surface area contributed by atoms with E-state index < -0.39 is 7.29 Å². The third-order valence-corrected chi connectivity index (χ3v) is 6.33. The van der Waals surface area contributed by atoms with Crippen molar-refractivity contribution in [3.63, 3.8) is 0 Å². The zero-order valence-corrected chi connectivity index (χ0v) is 12.4. The highest BCUT2D eigenvalue weighted by Crippen LogP contribution is 2.43. The third kappa shape index (κ3) is 3.48. The fourth-order valence-corrected chi connectivity index (χ4v) is 4.38. The minimum absolute atomic E-state index is 0.00834. The number of hydrogen-bond donors (Lipinski definition) is 1. The van der Waals surface area contributed by atoms with Crippen LogP contribution in [0.25, 0.3) is 0 Å². The first-order valence-corrected chi connectivity index (χ1v) is 8.62. The molecule has 4 heteroatoms. The largest absolute Gasteiger partial charge is 0.300 e. The molecule has 0 aliphatic rings. The van der Waals surface area contributed by atoms with E-state index in [4.69, 9.17) is 11.6 Å². The van der Waals surface area contributed by atoms with Gasteiger partial charge in [-0.05, 0) is 12.5 Å². The molecule has 2 atom stereocenters. The summed E-state index contributed by atoms with van der Waals surface area (Å²) in [6.07, 6.45) is 0. The van der Waals surface area contributed by atoms with Crippen LogP contribution in [-0.2, 0) is 4.57 Å². The van der Waals surface area contributed by atoms with Crippen LogP contribution in [0.5, 0.6) is 0 Å². The highest BCUT2D eigenvalue weighted by atomic mass is 35.5. The zero-order chi connectivity index (χ0) is 13.7. The molecule has 0 aromatic heterocycles. The second-order valence-corrected chi connectivity index (χ2v) is 7.67. The first-order valence-electron chi connectivity index (χ1n) is 6.19. The van der Waals surface area contributed by atoms with Gasteiger partial charge in [-0.2, -0.15) is 0 Å². The van der Waals surface area contributed by atoms with Gasteiger partial charge in [0.25, 0.3) is 0 Å². The van der Waals surface area contributed by atoms with Gasteiger partial charge in [0.05, 0.1) is 5.62 Å². The van der Waals surface area contributed by atoms with E-state index in [2.05, 4.69) is 5.09 Å². The summed E-state index contributed by atoms with van der Waals surface area (Å²) in [6.45, 7) is 2.00. The summed E-state index contributed by atoms with van der Waals surface area (Å²) in [6, 6.07) is 19.3. The van der Waals surface area contributed by atoms with Gasteiger partial charge >= 0.3 is 0 Å². The van der Waals surface area contributed by atoms with Crippen molar-refractivity contribution in [3.05, 3.63) is 66.2 Å². The Kier molecular flexibility index (Phi) is 4.81. The molecule has 0 radical (unpaired) electrons. The topological polar surface area (TPSA) is 29.1 Å². The van der Waals surface area contributed by atoms with E-state index in [0.717, 1.165) is 10.9 Å². The molecule has 19 heavy (non-hydrogen) atoms. The molecule has 2 nitrogen and oxygen atoms in total. The molecular formula is C15H17ClNOP. The number of benzene rings is 2. The molecule has 100 valence electrons. The van der Waals surface area contributed by atoms with Crippen LogP contribution < -0.4 is 10.4 Å². The van der Waals surface area contributed by atoms with E-state index in [1.165, 1.54) is 0 Å². The Morgan fingerprint density at radius 2 is 1.58 bits per heavy atom. The van der Waals surface area contributed by atoms with Gasteiger partial charge in [0.15, 0.2) is 7.29 Å². The summed E-state index contributed by atoms with van der Waals surface area (Å²) in [5.41, 5.74) is 1.19. The quantitative estimate of drug-likeness (QED) is 0.663. The van der Waals surface area contributed by atoms with Crippen molar-refractivity contribution in [2.24, 2.45) is 0 Å². The smallest absolute Gasteiger partial charge is 0.190 e. The van der Waals surface area contributed by atoms with Crippen molar-refractivity contribution in [3.8, 4) is 0 Å². The van der Waals surface area contributed by atoms with E-state index in [0.29, 0.717) is 0 Å². The number of nitrogens with one attached hydrogen (secondary N) is 1. The van der Waals surface area contributed by atoms with Gasteiger partial charge in [0, 0.05) is 11.3 Å². The molecule has 0 spiro atoms. The normalized spacial score (nSPS) is 15.7. The first-order chi connectivity index (χ1) is 9.15. The second kappa shape index (κ2) is 6.38. The van der Waals surface area contributed by atoms with Crippen molar-refractivity contribution in [2.75, 3.05) is 5.62 Å². The van der Waals surface area contributed by atoms with E-state index in [9.17, 15) is 4.57 Å². The summed E-state index contributed by atoms with van der Waals surface area (Å²) in [5, 5.41) is 3.97. The Morgan fingerprint density at radius 3 is 2.11 bits per heavy atom. The van der Waals surface area contributed by atoms with Gasteiger partial charge in [0.1, 0.15) is 0 Å². The Labute approximate surface area is 119 Å². The van der Waals surface area contributed by atoms with Crippen molar-refractivity contribution in [1.82, 2.24) is 5.09 Å². The number of halogens is 1. The first kappa shape index (κ1) is 14.3. The van der Waals surface area contributed by atoms with E-state index in [1.54, 1.807) is 0 Å². The summed E-state index contributed by atoms with van der Waals surface area (Å²) in [4.78, 5) is 0. The molecule has 1 N–H and O–H groups in total. The van der Waals surface area contributed by atoms with Crippen LogP contribution in [0.3, 0.4) is 0 Å². The van der Waals surface area contributed by atoms with Gasteiger partial charge in [0.2, 0.25) is 0 Å². The van der Waals surface area contributed by atoms with Crippen LogP contribution in [0.4, 0.5) is 0 Å². The molecule has 2 rings (SSSR count). The summed E-state index contributed by atoms with van der Waals surface area (Å²) < 4.78 is 12.9. The average Bonchev–Trinajstić information content (AvgIpc) is 2.49. The van der Waals surface area contributed by atoms with Crippen molar-refractivity contribution >= 4 is 24.2 Å². The predicted molar refractivity (Wildman–Crippen MR) is 82.4 cm³/mol. The maximum Gasteiger partial charge on any atom is 0.190 e. The number of rotatable bonds is 5. The van der Waals surface area contributed by atoms with Crippen molar-refractivity contribution in [2.45, 2.75) is 13.0 Å². The van der Waals surface area contributed by atoms with Crippen LogP contribution >= 0.6 is 18.9 Å². The van der Waals surface area contributed by atoms with E-state index in [-0.39, 0.29) is 11.7 Å². The fourth-order valence-electron chi connectivity index (χ4n) is 1.98. The fraction of sp³-hybridized carbons (Fsp3) is 0.200. The molecule has 0 amide bonds.